The van der Waals surface area contributed by atoms with E-state index in [2.05, 4.69) is 10.2 Å². The molecule has 0 N–H and O–H groups in total. The van der Waals surface area contributed by atoms with Crippen LogP contribution < -0.4 is 0 Å². The van der Waals surface area contributed by atoms with E-state index in [-0.39, 0.29) is 11.5 Å². The van der Waals surface area contributed by atoms with Gasteiger partial charge in [0.15, 0.2) is 16.6 Å². The lowest BCUT2D eigenvalue weighted by molar-refractivity contribution is 0.0994. The summed E-state index contributed by atoms with van der Waals surface area (Å²) in [4.78, 5) is 12.5. The summed E-state index contributed by atoms with van der Waals surface area (Å²) in [7, 11) is 0. The topological polar surface area (TPSA) is 60.4 Å². The molecule has 5 rings (SSSR count). The van der Waals surface area contributed by atoms with Gasteiger partial charge < -0.3 is 4.42 Å². The van der Waals surface area contributed by atoms with Crippen molar-refractivity contribution in [3.63, 3.8) is 0 Å². The molecule has 2 aromatic carbocycles. The maximum Gasteiger partial charge on any atom is 0.208 e. The molecule has 0 aliphatic carbocycles. The Labute approximate surface area is 152 Å². The van der Waals surface area contributed by atoms with Crippen molar-refractivity contribution in [2.45, 2.75) is 5.16 Å². The van der Waals surface area contributed by atoms with Gasteiger partial charge in [-0.3, -0.25) is 9.20 Å². The minimum absolute atomic E-state index is 0.0665. The van der Waals surface area contributed by atoms with Crippen LogP contribution in [-0.4, -0.2) is 26.1 Å². The number of benzene rings is 2. The molecule has 5 aromatic rings. The SMILES string of the molecule is O=C(CSc1nnc2ccc3ccccc3n12)c1cc2ccccc2o1. The second-order valence-corrected chi connectivity index (χ2v) is 6.87. The zero-order valence-electron chi connectivity index (χ0n) is 13.6. The van der Waals surface area contributed by atoms with E-state index in [1.165, 1.54) is 11.8 Å². The summed E-state index contributed by atoms with van der Waals surface area (Å²) in [6.07, 6.45) is 0. The minimum Gasteiger partial charge on any atom is -0.453 e. The predicted molar refractivity (Wildman–Crippen MR) is 102 cm³/mol. The van der Waals surface area contributed by atoms with E-state index in [1.54, 1.807) is 6.07 Å². The molecule has 0 aliphatic heterocycles. The van der Waals surface area contributed by atoms with Crippen LogP contribution in [0.15, 0.2) is 76.3 Å². The van der Waals surface area contributed by atoms with Crippen molar-refractivity contribution >= 4 is 45.1 Å². The number of ketones is 1. The van der Waals surface area contributed by atoms with Crippen molar-refractivity contribution in [1.82, 2.24) is 14.6 Å². The number of rotatable bonds is 4. The molecule has 0 saturated heterocycles. The summed E-state index contributed by atoms with van der Waals surface area (Å²) in [6.45, 7) is 0. The van der Waals surface area contributed by atoms with Gasteiger partial charge in [0.25, 0.3) is 0 Å². The Balaban J connectivity index is 1.46. The maximum absolute atomic E-state index is 12.5. The van der Waals surface area contributed by atoms with Gasteiger partial charge >= 0.3 is 0 Å². The van der Waals surface area contributed by atoms with Gasteiger partial charge in [0.2, 0.25) is 5.78 Å². The highest BCUT2D eigenvalue weighted by atomic mass is 32.2. The largest absolute Gasteiger partial charge is 0.453 e. The molecular weight excluding hydrogens is 346 g/mol. The summed E-state index contributed by atoms with van der Waals surface area (Å²) in [6, 6.07) is 21.4. The van der Waals surface area contributed by atoms with Crippen LogP contribution in [0.25, 0.3) is 27.5 Å². The highest BCUT2D eigenvalue weighted by Crippen LogP contribution is 2.25. The van der Waals surface area contributed by atoms with Gasteiger partial charge in [-0.1, -0.05) is 48.2 Å². The molecule has 3 aromatic heterocycles. The van der Waals surface area contributed by atoms with Gasteiger partial charge in [-0.25, -0.2) is 0 Å². The Morgan fingerprint density at radius 3 is 2.65 bits per heavy atom. The number of pyridine rings is 1. The molecule has 0 amide bonds. The summed E-state index contributed by atoms with van der Waals surface area (Å²) >= 11 is 1.36. The molecule has 26 heavy (non-hydrogen) atoms. The molecule has 126 valence electrons. The van der Waals surface area contributed by atoms with Gasteiger partial charge in [0, 0.05) is 5.39 Å². The third-order valence-corrected chi connectivity index (χ3v) is 5.21. The van der Waals surface area contributed by atoms with E-state index >= 15 is 0 Å². The van der Waals surface area contributed by atoms with E-state index in [9.17, 15) is 4.79 Å². The number of Topliss-reactive ketones (excluding diaryl/α,β-unsaturated/α-hetero) is 1. The predicted octanol–water partition coefficient (Wildman–Crippen LogP) is 4.60. The van der Waals surface area contributed by atoms with Crippen LogP contribution in [0, 0.1) is 0 Å². The molecule has 0 bridgehead atoms. The van der Waals surface area contributed by atoms with E-state index in [4.69, 9.17) is 4.42 Å². The smallest absolute Gasteiger partial charge is 0.208 e. The Bertz CT molecular complexity index is 1240. The van der Waals surface area contributed by atoms with Gasteiger partial charge in [-0.15, -0.1) is 10.2 Å². The van der Waals surface area contributed by atoms with Crippen LogP contribution in [0.1, 0.15) is 10.6 Å². The van der Waals surface area contributed by atoms with Crippen LogP contribution in [0.5, 0.6) is 0 Å². The highest BCUT2D eigenvalue weighted by Gasteiger charge is 2.15. The molecular formula is C20H13N3O2S. The number of aromatic nitrogens is 3. The van der Waals surface area contributed by atoms with Gasteiger partial charge in [-0.05, 0) is 35.7 Å². The normalized spacial score (nSPS) is 11.5. The second-order valence-electron chi connectivity index (χ2n) is 5.93. The summed E-state index contributed by atoms with van der Waals surface area (Å²) in [5.41, 5.74) is 2.51. The third kappa shape index (κ3) is 2.46. The first-order chi connectivity index (χ1) is 12.8. The van der Waals surface area contributed by atoms with Gasteiger partial charge in [0.05, 0.1) is 11.3 Å². The minimum atomic E-state index is -0.0665. The van der Waals surface area contributed by atoms with E-state index < -0.39 is 0 Å². The number of hydrogen-bond acceptors (Lipinski definition) is 5. The number of furan rings is 1. The highest BCUT2D eigenvalue weighted by molar-refractivity contribution is 7.99. The van der Waals surface area contributed by atoms with Crippen molar-refractivity contribution in [2.24, 2.45) is 0 Å². The fraction of sp³-hybridized carbons (Fsp3) is 0.0500. The monoisotopic (exact) mass is 359 g/mol. The van der Waals surface area contributed by atoms with Crippen LogP contribution in [0.2, 0.25) is 0 Å². The Morgan fingerprint density at radius 2 is 1.77 bits per heavy atom. The first-order valence-electron chi connectivity index (χ1n) is 8.17. The number of hydrogen-bond donors (Lipinski definition) is 0. The molecule has 0 spiro atoms. The van der Waals surface area contributed by atoms with Crippen molar-refractivity contribution in [1.29, 1.82) is 0 Å². The molecule has 0 aliphatic rings. The molecule has 5 nitrogen and oxygen atoms in total. The molecule has 0 saturated carbocycles. The molecule has 0 radical (unpaired) electrons. The average Bonchev–Trinajstić information content (AvgIpc) is 3.30. The fourth-order valence-electron chi connectivity index (χ4n) is 3.03. The lowest BCUT2D eigenvalue weighted by Crippen LogP contribution is -2.01. The quantitative estimate of drug-likeness (QED) is 0.347. The van der Waals surface area contributed by atoms with Crippen LogP contribution >= 0.6 is 11.8 Å². The van der Waals surface area contributed by atoms with Crippen molar-refractivity contribution in [3.8, 4) is 0 Å². The fourth-order valence-corrected chi connectivity index (χ4v) is 3.85. The summed E-state index contributed by atoms with van der Waals surface area (Å²) in [5.74, 6) is 0.546. The summed E-state index contributed by atoms with van der Waals surface area (Å²) < 4.78 is 7.63. The number of carbonyl (C=O) groups is 1. The number of carbonyl (C=O) groups excluding carboxylic acids is 1. The molecule has 6 heteroatoms. The Morgan fingerprint density at radius 1 is 0.962 bits per heavy atom. The molecule has 0 unspecified atom stereocenters. The van der Waals surface area contributed by atoms with Crippen LogP contribution in [0.3, 0.4) is 0 Å². The zero-order chi connectivity index (χ0) is 17.5. The van der Waals surface area contributed by atoms with E-state index in [0.29, 0.717) is 10.9 Å². The van der Waals surface area contributed by atoms with E-state index in [1.807, 2.05) is 65.1 Å². The third-order valence-electron chi connectivity index (χ3n) is 4.28. The zero-order valence-corrected chi connectivity index (χ0v) is 14.4. The van der Waals surface area contributed by atoms with Crippen LogP contribution in [0.4, 0.5) is 0 Å². The van der Waals surface area contributed by atoms with Gasteiger partial charge in [0.1, 0.15) is 5.58 Å². The lowest BCUT2D eigenvalue weighted by Gasteiger charge is -2.03. The standard InChI is InChI=1S/C20H13N3O2S/c24-16(18-11-14-6-2-4-8-17(14)25-18)12-26-20-22-21-19-10-9-13-5-1-3-7-15(13)23(19)20/h1-11H,12H2. The first kappa shape index (κ1) is 15.2. The van der Waals surface area contributed by atoms with E-state index in [0.717, 1.165) is 27.5 Å². The maximum atomic E-state index is 12.5. The molecule has 3 heterocycles. The number of nitrogens with zero attached hydrogens (tertiary/aromatic N) is 3. The van der Waals surface area contributed by atoms with Crippen LogP contribution in [-0.2, 0) is 0 Å². The number of thioether (sulfide) groups is 1. The van der Waals surface area contributed by atoms with Crippen molar-refractivity contribution < 1.29 is 9.21 Å². The second kappa shape index (κ2) is 6.00. The number of para-hydroxylation sites is 2. The first-order valence-corrected chi connectivity index (χ1v) is 9.16. The Hall–Kier alpha value is -3.12. The lowest BCUT2D eigenvalue weighted by atomic mass is 10.2. The van der Waals surface area contributed by atoms with Crippen molar-refractivity contribution in [2.75, 3.05) is 5.75 Å². The molecule has 0 fully saturated rings. The average molecular weight is 359 g/mol. The summed E-state index contributed by atoms with van der Waals surface area (Å²) in [5, 5.41) is 11.2. The Kier molecular flexibility index (Phi) is 3.50. The molecule has 0 atom stereocenters. The number of fused-ring (bicyclic) bond motifs is 4. The van der Waals surface area contributed by atoms with Crippen molar-refractivity contribution in [3.05, 3.63) is 72.5 Å². The van der Waals surface area contributed by atoms with Gasteiger partial charge in [-0.2, -0.15) is 0 Å².